The predicted molar refractivity (Wildman–Crippen MR) is 135 cm³/mol. The van der Waals surface area contributed by atoms with E-state index in [0.29, 0.717) is 5.71 Å². The Morgan fingerprint density at radius 2 is 1.76 bits per heavy atom. The molecule has 7 heteroatoms. The van der Waals surface area contributed by atoms with Crippen LogP contribution in [0.15, 0.2) is 70.9 Å². The van der Waals surface area contributed by atoms with Crippen LogP contribution in [0.3, 0.4) is 0 Å². The first-order valence-electron chi connectivity index (χ1n) is 11.4. The first-order valence-corrected chi connectivity index (χ1v) is 11.4. The lowest BCUT2D eigenvalue weighted by molar-refractivity contribution is 0.350. The van der Waals surface area contributed by atoms with Crippen molar-refractivity contribution in [2.24, 2.45) is 0 Å². The maximum absolute atomic E-state index is 6.33. The van der Waals surface area contributed by atoms with Crippen LogP contribution in [0, 0.1) is 6.92 Å². The van der Waals surface area contributed by atoms with Crippen molar-refractivity contribution in [3.8, 4) is 0 Å². The molecule has 2 aliphatic rings. The molecule has 3 aromatic heterocycles. The van der Waals surface area contributed by atoms with E-state index in [9.17, 15) is 0 Å². The molecule has 164 valence electrons. The van der Waals surface area contributed by atoms with E-state index in [2.05, 4.69) is 89.9 Å². The molecule has 0 aliphatic carbocycles. The lowest BCUT2D eigenvalue weighted by Crippen LogP contribution is -2.64. The second-order valence-corrected chi connectivity index (χ2v) is 9.31. The number of rotatable bonds is 2. The number of furan rings is 1. The first kappa shape index (κ1) is 19.9. The van der Waals surface area contributed by atoms with Gasteiger partial charge in [0.25, 0.3) is 0 Å². The van der Waals surface area contributed by atoms with Gasteiger partial charge in [0.15, 0.2) is 5.82 Å². The fourth-order valence-corrected chi connectivity index (χ4v) is 5.36. The van der Waals surface area contributed by atoms with Gasteiger partial charge in [0, 0.05) is 34.2 Å². The highest BCUT2D eigenvalue weighted by molar-refractivity contribution is 6.70. The summed E-state index contributed by atoms with van der Waals surface area (Å²) in [6, 6.07) is 18.8. The van der Waals surface area contributed by atoms with Crippen LogP contribution in [-0.4, -0.2) is 27.4 Å². The van der Waals surface area contributed by atoms with Crippen molar-refractivity contribution in [3.05, 3.63) is 77.7 Å². The Labute approximate surface area is 194 Å². The number of para-hydroxylation sites is 1. The van der Waals surface area contributed by atoms with Gasteiger partial charge in [0.2, 0.25) is 5.71 Å². The van der Waals surface area contributed by atoms with E-state index in [1.165, 1.54) is 0 Å². The first-order chi connectivity index (χ1) is 15.9. The summed E-state index contributed by atoms with van der Waals surface area (Å²) in [4.78, 5) is 14.1. The highest BCUT2D eigenvalue weighted by Crippen LogP contribution is 2.49. The summed E-state index contributed by atoms with van der Waals surface area (Å²) in [5.74, 6) is 0.930. The number of aryl methyl sites for hydroxylation is 1. The molecule has 0 atom stereocenters. The third kappa shape index (κ3) is 2.75. The Morgan fingerprint density at radius 3 is 2.55 bits per heavy atom. The van der Waals surface area contributed by atoms with Crippen LogP contribution >= 0.6 is 0 Å². The summed E-state index contributed by atoms with van der Waals surface area (Å²) < 4.78 is 6.33. The molecule has 4 aromatic rings. The number of allylic oxidation sites excluding steroid dienone is 1. The highest BCUT2D eigenvalue weighted by Gasteiger charge is 2.50. The van der Waals surface area contributed by atoms with Gasteiger partial charge in [-0.3, -0.25) is 5.01 Å². The maximum atomic E-state index is 6.33. The SMILES string of the molecule is CB1c2oc3nc(C)ccc3c2C=C(C)N1N1c2ncccc2N(c2ccccc2)C1(C)C. The topological polar surface area (TPSA) is 48.6 Å². The Kier molecular flexibility index (Phi) is 4.15. The van der Waals surface area contributed by atoms with Crippen LogP contribution in [0.1, 0.15) is 32.0 Å². The van der Waals surface area contributed by atoms with Crippen molar-refractivity contribution < 1.29 is 4.42 Å². The number of pyridine rings is 2. The smallest absolute Gasteiger partial charge is 0.353 e. The number of anilines is 3. The summed E-state index contributed by atoms with van der Waals surface area (Å²) in [6.45, 7) is 10.8. The fraction of sp³-hybridized carbons (Fsp3) is 0.231. The summed E-state index contributed by atoms with van der Waals surface area (Å²) in [5.41, 5.74) is 6.66. The van der Waals surface area contributed by atoms with Crippen molar-refractivity contribution >= 4 is 46.9 Å². The molecule has 0 fully saturated rings. The second kappa shape index (κ2) is 6.88. The Balaban J connectivity index is 1.52. The van der Waals surface area contributed by atoms with Crippen molar-refractivity contribution in [2.75, 3.05) is 9.91 Å². The van der Waals surface area contributed by atoms with Crippen LogP contribution in [-0.2, 0) is 0 Å². The van der Waals surface area contributed by atoms with E-state index < -0.39 is 5.66 Å². The van der Waals surface area contributed by atoms with Gasteiger partial charge < -0.3 is 14.2 Å². The van der Waals surface area contributed by atoms with Crippen LogP contribution < -0.4 is 15.6 Å². The molecular weight excluding hydrogens is 409 g/mol. The fourth-order valence-electron chi connectivity index (χ4n) is 5.36. The quantitative estimate of drug-likeness (QED) is 0.396. The summed E-state index contributed by atoms with van der Waals surface area (Å²) >= 11 is 0. The molecule has 0 bridgehead atoms. The second-order valence-electron chi connectivity index (χ2n) is 9.31. The molecule has 33 heavy (non-hydrogen) atoms. The maximum Gasteiger partial charge on any atom is 0.353 e. The van der Waals surface area contributed by atoms with Crippen LogP contribution in [0.4, 0.5) is 17.2 Å². The van der Waals surface area contributed by atoms with Crippen molar-refractivity contribution in [1.82, 2.24) is 14.9 Å². The van der Waals surface area contributed by atoms with Crippen LogP contribution in [0.5, 0.6) is 0 Å². The lowest BCUT2D eigenvalue weighted by Gasteiger charge is -2.49. The molecule has 0 saturated carbocycles. The molecule has 0 N–H and O–H groups in total. The van der Waals surface area contributed by atoms with Gasteiger partial charge in [-0.15, -0.1) is 0 Å². The molecule has 1 aromatic carbocycles. The van der Waals surface area contributed by atoms with Gasteiger partial charge in [-0.2, -0.15) is 0 Å². The number of fused-ring (bicyclic) bond motifs is 4. The minimum atomic E-state index is -0.403. The summed E-state index contributed by atoms with van der Waals surface area (Å²) in [5, 5.41) is 3.37. The molecule has 6 nitrogen and oxygen atoms in total. The van der Waals surface area contributed by atoms with E-state index in [1.54, 1.807) is 0 Å². The molecule has 0 unspecified atom stereocenters. The molecule has 0 spiro atoms. The zero-order chi connectivity index (χ0) is 22.9. The zero-order valence-electron chi connectivity index (χ0n) is 19.6. The zero-order valence-corrected chi connectivity index (χ0v) is 19.6. The minimum absolute atomic E-state index is 0.0237. The molecule has 5 heterocycles. The highest BCUT2D eigenvalue weighted by atomic mass is 16.3. The third-order valence-corrected chi connectivity index (χ3v) is 6.73. The summed E-state index contributed by atoms with van der Waals surface area (Å²) in [7, 11) is 0. The Morgan fingerprint density at radius 1 is 0.970 bits per heavy atom. The number of hydrogen-bond donors (Lipinski definition) is 0. The van der Waals surface area contributed by atoms with Gasteiger partial charge in [0.1, 0.15) is 11.3 Å². The third-order valence-electron chi connectivity index (χ3n) is 6.73. The Bertz CT molecular complexity index is 1410. The van der Waals surface area contributed by atoms with Gasteiger partial charge in [-0.1, -0.05) is 25.0 Å². The van der Waals surface area contributed by atoms with E-state index in [4.69, 9.17) is 9.40 Å². The lowest BCUT2D eigenvalue weighted by atomic mass is 9.58. The molecule has 0 amide bonds. The van der Waals surface area contributed by atoms with Gasteiger partial charge in [0.05, 0.1) is 5.69 Å². The van der Waals surface area contributed by atoms with Gasteiger partial charge >= 0.3 is 6.85 Å². The standard InChI is InChI=1S/C26H26BN5O/c1-17-13-14-20-21-16-18(2)32(27(5)23(21)33-25(20)29-17)31-24-22(12-9-15-28-24)30(26(31,3)4)19-10-7-6-8-11-19/h6-16H,1-5H3. The number of aromatic nitrogens is 2. The molecule has 6 rings (SSSR count). The van der Waals surface area contributed by atoms with Crippen molar-refractivity contribution in [2.45, 2.75) is 40.2 Å². The van der Waals surface area contributed by atoms with Crippen LogP contribution in [0.2, 0.25) is 6.82 Å². The van der Waals surface area contributed by atoms with Crippen molar-refractivity contribution in [1.29, 1.82) is 0 Å². The molecular formula is C26H26BN5O. The van der Waals surface area contributed by atoms with Crippen LogP contribution in [0.25, 0.3) is 17.2 Å². The molecule has 2 aliphatic heterocycles. The van der Waals surface area contributed by atoms with E-state index in [1.807, 2.05) is 31.3 Å². The molecule has 0 saturated heterocycles. The Hall–Kier alpha value is -3.74. The van der Waals surface area contributed by atoms with Gasteiger partial charge in [-0.25, -0.2) is 9.97 Å². The average Bonchev–Trinajstić information content (AvgIpc) is 3.26. The van der Waals surface area contributed by atoms with E-state index in [0.717, 1.165) is 45.2 Å². The summed E-state index contributed by atoms with van der Waals surface area (Å²) in [6.07, 6.45) is 4.07. The number of hydrogen-bond acceptors (Lipinski definition) is 6. The minimum Gasteiger partial charge on any atom is -0.450 e. The monoisotopic (exact) mass is 435 g/mol. The van der Waals surface area contributed by atoms with Crippen molar-refractivity contribution in [3.63, 3.8) is 0 Å². The molecule has 0 radical (unpaired) electrons. The van der Waals surface area contributed by atoms with Gasteiger partial charge in [-0.05, 0) is 70.2 Å². The predicted octanol–water partition coefficient (Wildman–Crippen LogP) is 5.35. The normalized spacial score (nSPS) is 16.8. The number of hydrazine groups is 1. The largest absolute Gasteiger partial charge is 0.450 e. The number of benzene rings is 1. The van der Waals surface area contributed by atoms with E-state index in [-0.39, 0.29) is 6.85 Å². The number of nitrogens with zero attached hydrogens (tertiary/aromatic N) is 5. The van der Waals surface area contributed by atoms with E-state index >= 15 is 0 Å². The average molecular weight is 435 g/mol.